The molecule has 0 saturated heterocycles. The van der Waals surface area contributed by atoms with Crippen molar-refractivity contribution in [2.45, 2.75) is 58.0 Å². The van der Waals surface area contributed by atoms with Gasteiger partial charge in [0.15, 0.2) is 0 Å². The number of likely N-dealkylation sites (N-methyl/N-ethyl adjacent to an activating group) is 1. The average molecular weight is 329 g/mol. The summed E-state index contributed by atoms with van der Waals surface area (Å²) < 4.78 is 0. The average Bonchev–Trinajstić information content (AvgIpc) is 3.08. The highest BCUT2D eigenvalue weighted by Gasteiger charge is 2.43. The fourth-order valence-electron chi connectivity index (χ4n) is 4.77. The number of nitrogens with zero attached hydrogens (tertiary/aromatic N) is 2. The number of aryl methyl sites for hydroxylation is 2. The smallest absolute Gasteiger partial charge is 0.226 e. The van der Waals surface area contributed by atoms with Crippen molar-refractivity contribution in [3.8, 4) is 0 Å². The Morgan fingerprint density at radius 2 is 1.58 bits per heavy atom. The van der Waals surface area contributed by atoms with Gasteiger partial charge in [0.2, 0.25) is 5.91 Å². The molecule has 0 aromatic heterocycles. The van der Waals surface area contributed by atoms with Crippen LogP contribution in [-0.4, -0.2) is 48.9 Å². The van der Waals surface area contributed by atoms with E-state index in [0.717, 1.165) is 17.9 Å². The molecule has 0 N–H and O–H groups in total. The quantitative estimate of drug-likeness (QED) is 0.845. The van der Waals surface area contributed by atoms with Crippen molar-refractivity contribution in [1.82, 2.24) is 9.80 Å². The van der Waals surface area contributed by atoms with Gasteiger partial charge in [0.05, 0.1) is 6.42 Å². The van der Waals surface area contributed by atoms with Crippen LogP contribution in [0.3, 0.4) is 0 Å². The summed E-state index contributed by atoms with van der Waals surface area (Å²) in [7, 11) is 6.41. The van der Waals surface area contributed by atoms with E-state index < -0.39 is 0 Å². The lowest BCUT2D eigenvalue weighted by atomic mass is 10.0. The van der Waals surface area contributed by atoms with Crippen molar-refractivity contribution in [3.05, 3.63) is 34.9 Å². The summed E-state index contributed by atoms with van der Waals surface area (Å²) in [5.74, 6) is 1.91. The highest BCUT2D eigenvalue weighted by atomic mass is 16.2. The molecule has 0 aliphatic heterocycles. The maximum absolute atomic E-state index is 12.8. The molecule has 0 spiro atoms. The second kappa shape index (κ2) is 6.87. The van der Waals surface area contributed by atoms with Gasteiger partial charge in [0, 0.05) is 19.1 Å². The monoisotopic (exact) mass is 328 g/mol. The fourth-order valence-corrected chi connectivity index (χ4v) is 4.77. The molecule has 2 aliphatic rings. The van der Waals surface area contributed by atoms with Gasteiger partial charge in [-0.2, -0.15) is 0 Å². The Labute approximate surface area is 147 Å². The van der Waals surface area contributed by atoms with E-state index in [4.69, 9.17) is 0 Å². The second-order valence-corrected chi connectivity index (χ2v) is 8.35. The summed E-state index contributed by atoms with van der Waals surface area (Å²) in [6.07, 6.45) is 5.56. The van der Waals surface area contributed by atoms with Crippen LogP contribution in [0.1, 0.15) is 42.4 Å². The Morgan fingerprint density at radius 1 is 1.00 bits per heavy atom. The summed E-state index contributed by atoms with van der Waals surface area (Å²) in [5, 5.41) is 0. The van der Waals surface area contributed by atoms with Crippen LogP contribution in [0.15, 0.2) is 18.2 Å². The Morgan fingerprint density at radius 3 is 2.17 bits per heavy atom. The molecule has 0 bridgehead atoms. The van der Waals surface area contributed by atoms with Gasteiger partial charge in [-0.15, -0.1) is 0 Å². The topological polar surface area (TPSA) is 23.6 Å². The number of rotatable bonds is 4. The standard InChI is InChI=1S/C21H32N2O/c1-14-6-7-15(2)16(8-14)13-21(24)23(5)20-11-17-9-19(22(3)4)10-18(17)12-20/h6-8,17-20H,9-13H2,1-5H3/t17-,18+,19?,20?. The van der Waals surface area contributed by atoms with Crippen LogP contribution in [0, 0.1) is 25.7 Å². The Balaban J connectivity index is 1.59. The number of amides is 1. The van der Waals surface area contributed by atoms with Crippen molar-refractivity contribution >= 4 is 5.91 Å². The number of carbonyl (C=O) groups is 1. The molecule has 3 heteroatoms. The predicted octanol–water partition coefficient (Wildman–Crippen LogP) is 3.42. The zero-order valence-electron chi connectivity index (χ0n) is 15.9. The fraction of sp³-hybridized carbons (Fsp3) is 0.667. The van der Waals surface area contributed by atoms with Gasteiger partial charge < -0.3 is 9.80 Å². The molecule has 3 nitrogen and oxygen atoms in total. The van der Waals surface area contributed by atoms with Gasteiger partial charge in [0.1, 0.15) is 0 Å². The van der Waals surface area contributed by atoms with Crippen LogP contribution in [-0.2, 0) is 11.2 Å². The first-order chi connectivity index (χ1) is 11.3. The zero-order chi connectivity index (χ0) is 17.4. The molecule has 2 saturated carbocycles. The van der Waals surface area contributed by atoms with E-state index in [1.807, 2.05) is 11.9 Å². The molecule has 1 aromatic rings. The van der Waals surface area contributed by atoms with E-state index in [1.165, 1.54) is 42.4 Å². The number of fused-ring (bicyclic) bond motifs is 1. The Bertz CT molecular complexity index is 596. The summed E-state index contributed by atoms with van der Waals surface area (Å²) in [4.78, 5) is 17.2. The third-order valence-corrected chi connectivity index (χ3v) is 6.48. The van der Waals surface area contributed by atoms with Crippen LogP contribution >= 0.6 is 0 Å². The van der Waals surface area contributed by atoms with Gasteiger partial charge in [-0.3, -0.25) is 4.79 Å². The first-order valence-electron chi connectivity index (χ1n) is 9.33. The Hall–Kier alpha value is -1.35. The van der Waals surface area contributed by atoms with E-state index in [2.05, 4.69) is 51.0 Å². The third kappa shape index (κ3) is 3.51. The van der Waals surface area contributed by atoms with Crippen molar-refractivity contribution in [1.29, 1.82) is 0 Å². The van der Waals surface area contributed by atoms with Crippen LogP contribution < -0.4 is 0 Å². The molecule has 24 heavy (non-hydrogen) atoms. The maximum atomic E-state index is 12.8. The molecular formula is C21H32N2O. The molecule has 132 valence electrons. The van der Waals surface area contributed by atoms with E-state index in [-0.39, 0.29) is 5.91 Å². The van der Waals surface area contributed by atoms with Crippen molar-refractivity contribution in [2.75, 3.05) is 21.1 Å². The number of benzene rings is 1. The molecule has 0 heterocycles. The highest BCUT2D eigenvalue weighted by molar-refractivity contribution is 5.79. The van der Waals surface area contributed by atoms with Crippen LogP contribution in [0.4, 0.5) is 0 Å². The van der Waals surface area contributed by atoms with Gasteiger partial charge in [0.25, 0.3) is 0 Å². The summed E-state index contributed by atoms with van der Waals surface area (Å²) in [6.45, 7) is 4.19. The van der Waals surface area contributed by atoms with Gasteiger partial charge in [-0.05, 0) is 76.6 Å². The van der Waals surface area contributed by atoms with Crippen molar-refractivity contribution in [3.63, 3.8) is 0 Å². The first-order valence-corrected chi connectivity index (χ1v) is 9.33. The lowest BCUT2D eigenvalue weighted by molar-refractivity contribution is -0.131. The maximum Gasteiger partial charge on any atom is 0.226 e. The molecule has 1 aromatic carbocycles. The van der Waals surface area contributed by atoms with Gasteiger partial charge >= 0.3 is 0 Å². The predicted molar refractivity (Wildman–Crippen MR) is 99.1 cm³/mol. The third-order valence-electron chi connectivity index (χ3n) is 6.48. The zero-order valence-corrected chi connectivity index (χ0v) is 15.9. The molecule has 2 fully saturated rings. The number of carbonyl (C=O) groups excluding carboxylic acids is 1. The minimum atomic E-state index is 0.276. The SMILES string of the molecule is Cc1ccc(C)c(CC(=O)N(C)C2C[C@H]3CC(N(C)C)C[C@H]3C2)c1. The molecule has 3 rings (SSSR count). The van der Waals surface area contributed by atoms with Crippen molar-refractivity contribution < 1.29 is 4.79 Å². The molecule has 1 amide bonds. The molecule has 2 aliphatic carbocycles. The second-order valence-electron chi connectivity index (χ2n) is 8.35. The van der Waals surface area contributed by atoms with Crippen LogP contribution in [0.25, 0.3) is 0 Å². The summed E-state index contributed by atoms with van der Waals surface area (Å²) in [5.41, 5.74) is 3.63. The largest absolute Gasteiger partial charge is 0.342 e. The molecule has 4 atom stereocenters. The van der Waals surface area contributed by atoms with Crippen LogP contribution in [0.5, 0.6) is 0 Å². The highest BCUT2D eigenvalue weighted by Crippen LogP contribution is 2.46. The minimum Gasteiger partial charge on any atom is -0.342 e. The van der Waals surface area contributed by atoms with E-state index in [9.17, 15) is 4.79 Å². The lowest BCUT2D eigenvalue weighted by Crippen LogP contribution is -2.37. The minimum absolute atomic E-state index is 0.276. The summed E-state index contributed by atoms with van der Waals surface area (Å²) in [6, 6.07) is 7.59. The van der Waals surface area contributed by atoms with Crippen LogP contribution in [0.2, 0.25) is 0 Å². The van der Waals surface area contributed by atoms with E-state index >= 15 is 0 Å². The normalized spacial score (nSPS) is 29.1. The molecule has 0 radical (unpaired) electrons. The Kier molecular flexibility index (Phi) is 5.00. The van der Waals surface area contributed by atoms with E-state index in [0.29, 0.717) is 12.5 Å². The van der Waals surface area contributed by atoms with Gasteiger partial charge in [-0.25, -0.2) is 0 Å². The first kappa shape index (κ1) is 17.5. The summed E-state index contributed by atoms with van der Waals surface area (Å²) >= 11 is 0. The number of hydrogen-bond acceptors (Lipinski definition) is 2. The molecule has 2 unspecified atom stereocenters. The van der Waals surface area contributed by atoms with Crippen molar-refractivity contribution in [2.24, 2.45) is 11.8 Å². The van der Waals surface area contributed by atoms with E-state index in [1.54, 1.807) is 0 Å². The molecular weight excluding hydrogens is 296 g/mol. The lowest BCUT2D eigenvalue weighted by Gasteiger charge is -2.27. The van der Waals surface area contributed by atoms with Gasteiger partial charge in [-0.1, -0.05) is 23.8 Å². The number of hydrogen-bond donors (Lipinski definition) is 0.